The van der Waals surface area contributed by atoms with Crippen LogP contribution in [-0.4, -0.2) is 82.3 Å². The maximum Gasteiger partial charge on any atom is 0.269 e. The Balaban J connectivity index is 1.36. The topological polar surface area (TPSA) is 176 Å². The number of rotatable bonds is 10. The van der Waals surface area contributed by atoms with Crippen molar-refractivity contribution in [2.45, 2.75) is 63.2 Å². The molecule has 4 atom stereocenters. The molecular formula is C31H39N7O7Si. The molecule has 4 heterocycles. The van der Waals surface area contributed by atoms with Crippen LogP contribution in [0.4, 0.5) is 17.1 Å². The summed E-state index contributed by atoms with van der Waals surface area (Å²) in [5, 5.41) is 32.5. The third-order valence-electron chi connectivity index (χ3n) is 9.43. The summed E-state index contributed by atoms with van der Waals surface area (Å²) in [5.41, 5.74) is 1.06. The fourth-order valence-corrected chi connectivity index (χ4v) is 10.0. The molecule has 2 saturated heterocycles. The second kappa shape index (κ2) is 12.3. The second-order valence-electron chi connectivity index (χ2n) is 12.8. The van der Waals surface area contributed by atoms with Gasteiger partial charge in [0.15, 0.2) is 13.9 Å². The molecule has 3 aromatic rings. The van der Waals surface area contributed by atoms with Crippen molar-refractivity contribution in [2.24, 2.45) is 5.92 Å². The van der Waals surface area contributed by atoms with Gasteiger partial charge in [0.2, 0.25) is 5.91 Å². The third kappa shape index (κ3) is 5.62. The quantitative estimate of drug-likeness (QED) is 0.168. The van der Waals surface area contributed by atoms with E-state index in [1.807, 2.05) is 44.3 Å². The zero-order chi connectivity index (χ0) is 32.8. The lowest BCUT2D eigenvalue weighted by atomic mass is 9.82. The number of ether oxygens (including phenoxy) is 1. The van der Waals surface area contributed by atoms with E-state index in [0.717, 1.165) is 11.3 Å². The van der Waals surface area contributed by atoms with E-state index >= 15 is 0 Å². The average molecular weight is 650 g/mol. The number of amides is 2. The third-order valence-corrected chi connectivity index (χ3v) is 11.9. The van der Waals surface area contributed by atoms with E-state index in [-0.39, 0.29) is 42.7 Å². The summed E-state index contributed by atoms with van der Waals surface area (Å²) in [4.78, 5) is 53.6. The number of nitrogens with zero attached hydrogens (tertiary/aromatic N) is 6. The minimum Gasteiger partial charge on any atom is -0.432 e. The number of hydrogen-bond donors (Lipinski definition) is 3. The van der Waals surface area contributed by atoms with E-state index in [2.05, 4.69) is 15.6 Å². The molecule has 2 fully saturated rings. The standard InChI is InChI=1S/C31H39N7O7Si/c1-20-29(46(2,3)44)27(9-12-35-19-22(10-14-39)33-34-35)45-31(20)25-16-24(38(42)43)7-8-26(25)37(30(31)41)18-21-5-4-6-23(15-21)36-13-11-32-17-28(36)40/h4-8,15-16,19-20,27,29,32,39,44H,9-14,17-18H2,1-3H3/t20-,27+,29-,31+/m1/s1. The highest BCUT2D eigenvalue weighted by Gasteiger charge is 2.66. The van der Waals surface area contributed by atoms with Crippen LogP contribution in [-0.2, 0) is 39.4 Å². The largest absolute Gasteiger partial charge is 0.432 e. The number of nitrogens with one attached hydrogen (secondary N) is 1. The van der Waals surface area contributed by atoms with Gasteiger partial charge in [-0.15, -0.1) is 5.10 Å². The Morgan fingerprint density at radius 1 is 1.22 bits per heavy atom. The Bertz CT molecular complexity index is 1660. The maximum absolute atomic E-state index is 14.7. The van der Waals surface area contributed by atoms with Gasteiger partial charge in [0.05, 0.1) is 35.5 Å². The predicted molar refractivity (Wildman–Crippen MR) is 171 cm³/mol. The molecule has 1 aromatic heterocycles. The lowest BCUT2D eigenvalue weighted by Gasteiger charge is -2.32. The van der Waals surface area contributed by atoms with E-state index in [4.69, 9.17) is 4.74 Å². The number of hydrogen-bond acceptors (Lipinski definition) is 10. The highest BCUT2D eigenvalue weighted by molar-refractivity contribution is 6.71. The Morgan fingerprint density at radius 3 is 2.74 bits per heavy atom. The normalized spacial score (nSPS) is 24.7. The Kier molecular flexibility index (Phi) is 8.54. The number of anilines is 2. The van der Waals surface area contributed by atoms with Gasteiger partial charge in [-0.2, -0.15) is 0 Å². The summed E-state index contributed by atoms with van der Waals surface area (Å²) in [6.45, 7) is 7.54. The van der Waals surface area contributed by atoms with E-state index in [0.29, 0.717) is 49.4 Å². The van der Waals surface area contributed by atoms with Crippen molar-refractivity contribution in [1.29, 1.82) is 0 Å². The van der Waals surface area contributed by atoms with Crippen molar-refractivity contribution in [2.75, 3.05) is 36.0 Å². The molecule has 2 aromatic carbocycles. The summed E-state index contributed by atoms with van der Waals surface area (Å²) in [6, 6.07) is 11.9. The van der Waals surface area contributed by atoms with E-state index in [1.165, 1.54) is 12.1 Å². The van der Waals surface area contributed by atoms with Crippen molar-refractivity contribution >= 4 is 37.2 Å². The van der Waals surface area contributed by atoms with Crippen LogP contribution in [0.25, 0.3) is 0 Å². The Labute approximate surface area is 267 Å². The van der Waals surface area contributed by atoms with Crippen LogP contribution in [0.1, 0.15) is 30.2 Å². The number of aliphatic hydroxyl groups is 1. The van der Waals surface area contributed by atoms with E-state index in [9.17, 15) is 29.6 Å². The molecule has 3 N–H and O–H groups in total. The Hall–Kier alpha value is -4.02. The van der Waals surface area contributed by atoms with Crippen molar-refractivity contribution in [3.63, 3.8) is 0 Å². The number of carbonyl (C=O) groups is 2. The zero-order valence-corrected chi connectivity index (χ0v) is 27.1. The highest BCUT2D eigenvalue weighted by Crippen LogP contribution is 2.60. The lowest BCUT2D eigenvalue weighted by molar-refractivity contribution is -0.385. The molecule has 1 spiro atoms. The smallest absolute Gasteiger partial charge is 0.269 e. The first-order chi connectivity index (χ1) is 21.9. The van der Waals surface area contributed by atoms with Crippen LogP contribution in [0, 0.1) is 16.0 Å². The average Bonchev–Trinajstić information content (AvgIpc) is 3.66. The van der Waals surface area contributed by atoms with Gasteiger partial charge in [-0.05, 0) is 43.3 Å². The molecule has 6 rings (SSSR count). The molecule has 2 amide bonds. The summed E-state index contributed by atoms with van der Waals surface area (Å²) in [7, 11) is -2.96. The SMILES string of the molecule is C[C@@H]1[C@@H]([Si](C)(C)O)[C@H](CCn2cc(CCO)nn2)O[C@@]12C(=O)N(Cc1cccc(N3CCNCC3=O)c1)c1ccc([N+](=O)[O-])cc12. The molecule has 46 heavy (non-hydrogen) atoms. The monoisotopic (exact) mass is 649 g/mol. The van der Waals surface area contributed by atoms with Crippen molar-refractivity contribution in [3.05, 3.63) is 75.6 Å². The van der Waals surface area contributed by atoms with E-state index < -0.39 is 30.9 Å². The number of aromatic nitrogens is 3. The number of aliphatic hydroxyl groups excluding tert-OH is 1. The minimum absolute atomic E-state index is 0.0335. The maximum atomic E-state index is 14.7. The molecule has 0 saturated carbocycles. The number of carbonyl (C=O) groups excluding carboxylic acids is 2. The first-order valence-corrected chi connectivity index (χ1v) is 18.6. The van der Waals surface area contributed by atoms with Crippen LogP contribution in [0.15, 0.2) is 48.7 Å². The molecule has 0 aliphatic carbocycles. The number of piperazine rings is 1. The lowest BCUT2D eigenvalue weighted by Crippen LogP contribution is -2.48. The summed E-state index contributed by atoms with van der Waals surface area (Å²) in [6.07, 6.45) is 2.02. The molecule has 244 valence electrons. The van der Waals surface area contributed by atoms with Crippen LogP contribution >= 0.6 is 0 Å². The fourth-order valence-electron chi connectivity index (χ4n) is 7.43. The summed E-state index contributed by atoms with van der Waals surface area (Å²) in [5.74, 6) is -0.863. The highest BCUT2D eigenvalue weighted by atomic mass is 28.4. The van der Waals surface area contributed by atoms with Gasteiger partial charge < -0.3 is 29.8 Å². The molecule has 0 radical (unpaired) electrons. The number of aryl methyl sites for hydroxylation is 1. The molecule has 0 bridgehead atoms. The van der Waals surface area contributed by atoms with Crippen LogP contribution in [0.3, 0.4) is 0 Å². The summed E-state index contributed by atoms with van der Waals surface area (Å²) < 4.78 is 8.47. The van der Waals surface area contributed by atoms with Crippen LogP contribution in [0.5, 0.6) is 0 Å². The van der Waals surface area contributed by atoms with Gasteiger partial charge in [-0.3, -0.25) is 24.4 Å². The van der Waals surface area contributed by atoms with Gasteiger partial charge in [0.25, 0.3) is 11.6 Å². The van der Waals surface area contributed by atoms with Gasteiger partial charge >= 0.3 is 0 Å². The first-order valence-electron chi connectivity index (χ1n) is 15.5. The van der Waals surface area contributed by atoms with Crippen molar-refractivity contribution < 1.29 is 29.2 Å². The minimum atomic E-state index is -2.96. The van der Waals surface area contributed by atoms with Gasteiger partial charge in [-0.25, -0.2) is 0 Å². The predicted octanol–water partition coefficient (Wildman–Crippen LogP) is 2.09. The van der Waals surface area contributed by atoms with Crippen molar-refractivity contribution in [1.82, 2.24) is 20.3 Å². The van der Waals surface area contributed by atoms with Crippen LogP contribution in [0.2, 0.25) is 18.6 Å². The van der Waals surface area contributed by atoms with Gasteiger partial charge in [0.1, 0.15) is 0 Å². The van der Waals surface area contributed by atoms with Gasteiger partial charge in [-0.1, -0.05) is 24.3 Å². The van der Waals surface area contributed by atoms with Gasteiger partial charge in [0, 0.05) is 73.7 Å². The number of benzene rings is 2. The number of nitro groups is 1. The molecule has 15 heteroatoms. The molecular weight excluding hydrogens is 610 g/mol. The number of fused-ring (bicyclic) bond motifs is 2. The molecule has 0 unspecified atom stereocenters. The molecule has 14 nitrogen and oxygen atoms in total. The Morgan fingerprint density at radius 2 is 2.02 bits per heavy atom. The number of non-ortho nitro benzene ring substituents is 1. The molecule has 3 aliphatic heterocycles. The van der Waals surface area contributed by atoms with E-state index in [1.54, 1.807) is 26.7 Å². The molecule has 3 aliphatic rings. The summed E-state index contributed by atoms with van der Waals surface area (Å²) >= 11 is 0. The van der Waals surface area contributed by atoms with Crippen LogP contribution < -0.4 is 15.1 Å². The fraction of sp³-hybridized carbons (Fsp3) is 0.484. The zero-order valence-electron chi connectivity index (χ0n) is 26.1. The van der Waals surface area contributed by atoms with Crippen molar-refractivity contribution in [3.8, 4) is 0 Å². The first kappa shape index (κ1) is 31.9. The number of nitro benzene ring substituents is 1. The second-order valence-corrected chi connectivity index (χ2v) is 16.8.